The number of carbonyl (C=O) groups is 1. The van der Waals surface area contributed by atoms with Crippen molar-refractivity contribution in [3.63, 3.8) is 0 Å². The largest absolute Gasteiger partial charge is 0.460 e. The molecule has 0 saturated carbocycles. The molecule has 0 aliphatic heterocycles. The van der Waals surface area contributed by atoms with Gasteiger partial charge in [0.2, 0.25) is 0 Å². The van der Waals surface area contributed by atoms with Gasteiger partial charge in [0, 0.05) is 5.57 Å². The number of rotatable bonds is 4. The van der Waals surface area contributed by atoms with E-state index in [4.69, 9.17) is 5.11 Å². The van der Waals surface area contributed by atoms with Gasteiger partial charge in [-0.1, -0.05) is 18.7 Å². The Morgan fingerprint density at radius 2 is 2.36 bits per heavy atom. The molecule has 0 heterocycles. The highest BCUT2D eigenvalue weighted by molar-refractivity contribution is 5.88. The average molecular weight is 156 g/mol. The SMILES string of the molecule is C=CC=C(C)C(=O)OCCO. The Morgan fingerprint density at radius 1 is 1.73 bits per heavy atom. The Balaban J connectivity index is 3.82. The lowest BCUT2D eigenvalue weighted by Gasteiger charge is -2.00. The van der Waals surface area contributed by atoms with Gasteiger partial charge in [-0.25, -0.2) is 4.79 Å². The van der Waals surface area contributed by atoms with Gasteiger partial charge in [-0.15, -0.1) is 0 Å². The Labute approximate surface area is 66.0 Å². The summed E-state index contributed by atoms with van der Waals surface area (Å²) >= 11 is 0. The number of carbonyl (C=O) groups excluding carboxylic acids is 1. The standard InChI is InChI=1S/C8H12O3/c1-3-4-7(2)8(10)11-6-5-9/h3-4,9H,1,5-6H2,2H3. The van der Waals surface area contributed by atoms with E-state index in [1.165, 1.54) is 6.08 Å². The second kappa shape index (κ2) is 5.68. The highest BCUT2D eigenvalue weighted by Gasteiger charge is 2.02. The van der Waals surface area contributed by atoms with Crippen LogP contribution in [0.25, 0.3) is 0 Å². The van der Waals surface area contributed by atoms with Crippen LogP contribution in [0, 0.1) is 0 Å². The first-order valence-electron chi connectivity index (χ1n) is 3.29. The molecule has 3 nitrogen and oxygen atoms in total. The summed E-state index contributed by atoms with van der Waals surface area (Å²) in [6, 6.07) is 0. The summed E-state index contributed by atoms with van der Waals surface area (Å²) in [6.07, 6.45) is 3.06. The number of aliphatic hydroxyl groups excluding tert-OH is 1. The van der Waals surface area contributed by atoms with E-state index in [1.54, 1.807) is 13.0 Å². The number of ether oxygens (including phenoxy) is 1. The van der Waals surface area contributed by atoms with Crippen molar-refractivity contribution in [3.8, 4) is 0 Å². The normalized spacial score (nSPS) is 10.9. The van der Waals surface area contributed by atoms with E-state index >= 15 is 0 Å². The predicted octanol–water partition coefficient (Wildman–Crippen LogP) is 0.654. The van der Waals surface area contributed by atoms with E-state index < -0.39 is 5.97 Å². The first kappa shape index (κ1) is 9.91. The van der Waals surface area contributed by atoms with Crippen molar-refractivity contribution >= 4 is 5.97 Å². The zero-order valence-corrected chi connectivity index (χ0v) is 6.54. The lowest BCUT2D eigenvalue weighted by atomic mass is 10.3. The minimum Gasteiger partial charge on any atom is -0.460 e. The third-order valence-corrected chi connectivity index (χ3v) is 1.01. The maximum atomic E-state index is 10.8. The molecular weight excluding hydrogens is 144 g/mol. The molecule has 0 spiro atoms. The molecule has 0 fully saturated rings. The zero-order valence-electron chi connectivity index (χ0n) is 6.54. The molecule has 0 aromatic rings. The van der Waals surface area contributed by atoms with Crippen LogP contribution in [-0.2, 0) is 9.53 Å². The number of aliphatic hydroxyl groups is 1. The predicted molar refractivity (Wildman–Crippen MR) is 42.0 cm³/mol. The van der Waals surface area contributed by atoms with Crippen molar-refractivity contribution in [3.05, 3.63) is 24.3 Å². The van der Waals surface area contributed by atoms with Gasteiger partial charge in [0.1, 0.15) is 6.61 Å². The molecule has 0 radical (unpaired) electrons. The number of allylic oxidation sites excluding steroid dienone is 2. The molecule has 0 amide bonds. The number of hydrogen-bond acceptors (Lipinski definition) is 3. The van der Waals surface area contributed by atoms with Crippen LogP contribution in [0.2, 0.25) is 0 Å². The summed E-state index contributed by atoms with van der Waals surface area (Å²) in [4.78, 5) is 10.8. The molecule has 0 unspecified atom stereocenters. The maximum absolute atomic E-state index is 10.8. The van der Waals surface area contributed by atoms with Crippen molar-refractivity contribution in [2.45, 2.75) is 6.92 Å². The lowest BCUT2D eigenvalue weighted by Crippen LogP contribution is -2.08. The number of hydrogen-bond donors (Lipinski definition) is 1. The monoisotopic (exact) mass is 156 g/mol. The molecule has 3 heteroatoms. The van der Waals surface area contributed by atoms with Crippen LogP contribution in [0.15, 0.2) is 24.3 Å². The third-order valence-electron chi connectivity index (χ3n) is 1.01. The molecular formula is C8H12O3. The topological polar surface area (TPSA) is 46.5 Å². The molecule has 0 bridgehead atoms. The first-order valence-corrected chi connectivity index (χ1v) is 3.29. The van der Waals surface area contributed by atoms with Gasteiger partial charge in [-0.2, -0.15) is 0 Å². The van der Waals surface area contributed by atoms with Crippen LogP contribution in [0.5, 0.6) is 0 Å². The fraction of sp³-hybridized carbons (Fsp3) is 0.375. The molecule has 1 N–H and O–H groups in total. The first-order chi connectivity index (χ1) is 5.22. The molecule has 0 aliphatic rings. The zero-order chi connectivity index (χ0) is 8.69. The van der Waals surface area contributed by atoms with Crippen LogP contribution in [0.3, 0.4) is 0 Å². The van der Waals surface area contributed by atoms with Crippen LogP contribution < -0.4 is 0 Å². The summed E-state index contributed by atoms with van der Waals surface area (Å²) in [5.74, 6) is -0.418. The van der Waals surface area contributed by atoms with Gasteiger partial charge >= 0.3 is 5.97 Å². The Morgan fingerprint density at radius 3 is 2.82 bits per heavy atom. The molecule has 0 aromatic heterocycles. The summed E-state index contributed by atoms with van der Waals surface area (Å²) < 4.78 is 4.60. The van der Waals surface area contributed by atoms with E-state index in [9.17, 15) is 4.79 Å². The fourth-order valence-corrected chi connectivity index (χ4v) is 0.497. The summed E-state index contributed by atoms with van der Waals surface area (Å²) in [7, 11) is 0. The molecule has 0 aliphatic carbocycles. The van der Waals surface area contributed by atoms with Gasteiger partial charge in [0.05, 0.1) is 6.61 Å². The minimum atomic E-state index is -0.418. The molecule has 0 saturated heterocycles. The molecule has 62 valence electrons. The second-order valence-electron chi connectivity index (χ2n) is 1.94. The average Bonchev–Trinajstić information content (AvgIpc) is 2.00. The van der Waals surface area contributed by atoms with Crippen molar-refractivity contribution in [2.75, 3.05) is 13.2 Å². The van der Waals surface area contributed by atoms with Crippen molar-refractivity contribution < 1.29 is 14.6 Å². The Kier molecular flexibility index (Phi) is 5.11. The van der Waals surface area contributed by atoms with Crippen molar-refractivity contribution in [1.82, 2.24) is 0 Å². The van der Waals surface area contributed by atoms with Gasteiger partial charge in [0.15, 0.2) is 0 Å². The highest BCUT2D eigenvalue weighted by atomic mass is 16.5. The quantitative estimate of drug-likeness (QED) is 0.369. The number of esters is 1. The van der Waals surface area contributed by atoms with Crippen molar-refractivity contribution in [2.24, 2.45) is 0 Å². The van der Waals surface area contributed by atoms with E-state index in [-0.39, 0.29) is 13.2 Å². The van der Waals surface area contributed by atoms with Gasteiger partial charge in [0.25, 0.3) is 0 Å². The highest BCUT2D eigenvalue weighted by Crippen LogP contribution is 1.95. The molecule has 0 aromatic carbocycles. The summed E-state index contributed by atoms with van der Waals surface area (Å²) in [5, 5.41) is 8.31. The van der Waals surface area contributed by atoms with Crippen LogP contribution >= 0.6 is 0 Å². The van der Waals surface area contributed by atoms with E-state index in [2.05, 4.69) is 11.3 Å². The van der Waals surface area contributed by atoms with Crippen LogP contribution in [-0.4, -0.2) is 24.3 Å². The second-order valence-corrected chi connectivity index (χ2v) is 1.94. The van der Waals surface area contributed by atoms with Crippen LogP contribution in [0.1, 0.15) is 6.92 Å². The van der Waals surface area contributed by atoms with Crippen LogP contribution in [0.4, 0.5) is 0 Å². The fourth-order valence-electron chi connectivity index (χ4n) is 0.497. The molecule has 11 heavy (non-hydrogen) atoms. The smallest absolute Gasteiger partial charge is 0.333 e. The van der Waals surface area contributed by atoms with E-state index in [0.29, 0.717) is 5.57 Å². The molecule has 0 atom stereocenters. The maximum Gasteiger partial charge on any atom is 0.333 e. The summed E-state index contributed by atoms with van der Waals surface area (Å²) in [6.45, 7) is 4.95. The van der Waals surface area contributed by atoms with Gasteiger partial charge < -0.3 is 9.84 Å². The molecule has 0 rings (SSSR count). The van der Waals surface area contributed by atoms with Gasteiger partial charge in [-0.05, 0) is 6.92 Å². The third kappa shape index (κ3) is 4.33. The van der Waals surface area contributed by atoms with Gasteiger partial charge in [-0.3, -0.25) is 0 Å². The summed E-state index contributed by atoms with van der Waals surface area (Å²) in [5.41, 5.74) is 0.480. The minimum absolute atomic E-state index is 0.0428. The van der Waals surface area contributed by atoms with Crippen molar-refractivity contribution in [1.29, 1.82) is 0 Å². The van der Waals surface area contributed by atoms with E-state index in [0.717, 1.165) is 0 Å². The Hall–Kier alpha value is -1.09. The van der Waals surface area contributed by atoms with E-state index in [1.807, 2.05) is 0 Å². The lowest BCUT2D eigenvalue weighted by molar-refractivity contribution is -0.139. The Bertz CT molecular complexity index is 170.